The Morgan fingerprint density at radius 2 is 2.16 bits per heavy atom. The third kappa shape index (κ3) is 3.32. The van der Waals surface area contributed by atoms with Crippen molar-refractivity contribution < 1.29 is 9.53 Å². The van der Waals surface area contributed by atoms with Gasteiger partial charge in [-0.2, -0.15) is 0 Å². The number of hydrogen-bond donors (Lipinski definition) is 2. The standard InChI is InChI=1S/C18H16N4O2S/c23-18(22-8-7-21-16-10-19-5-6-20-16)15-9-12-11-24-14-4-2-1-3-13(14)17(12)25-15/h1-6,9-10H,7-8,11H2,(H,20,21)(H,22,23). The van der Waals surface area contributed by atoms with E-state index < -0.39 is 0 Å². The first-order valence-electron chi connectivity index (χ1n) is 7.94. The van der Waals surface area contributed by atoms with Gasteiger partial charge in [0.2, 0.25) is 0 Å². The summed E-state index contributed by atoms with van der Waals surface area (Å²) in [6.45, 7) is 1.59. The molecule has 126 valence electrons. The van der Waals surface area contributed by atoms with Crippen LogP contribution >= 0.6 is 11.3 Å². The number of carbonyl (C=O) groups is 1. The molecule has 1 amide bonds. The Hall–Kier alpha value is -2.93. The van der Waals surface area contributed by atoms with E-state index in [9.17, 15) is 4.79 Å². The predicted molar refractivity (Wildman–Crippen MR) is 96.9 cm³/mol. The van der Waals surface area contributed by atoms with Gasteiger partial charge in [0.25, 0.3) is 5.91 Å². The molecule has 0 saturated carbocycles. The van der Waals surface area contributed by atoms with Crippen molar-refractivity contribution in [3.05, 3.63) is 59.4 Å². The zero-order valence-electron chi connectivity index (χ0n) is 13.4. The Morgan fingerprint density at radius 1 is 1.24 bits per heavy atom. The Balaban J connectivity index is 1.38. The van der Waals surface area contributed by atoms with Gasteiger partial charge in [0, 0.05) is 41.5 Å². The van der Waals surface area contributed by atoms with Gasteiger partial charge < -0.3 is 15.4 Å². The van der Waals surface area contributed by atoms with Crippen LogP contribution in [-0.2, 0) is 6.61 Å². The van der Waals surface area contributed by atoms with Gasteiger partial charge in [0.1, 0.15) is 18.2 Å². The SMILES string of the molecule is O=C(NCCNc1cnccn1)c1cc2c(s1)-c1ccccc1OC2. The Bertz CT molecular complexity index is 895. The lowest BCUT2D eigenvalue weighted by molar-refractivity contribution is 0.0959. The topological polar surface area (TPSA) is 76.1 Å². The van der Waals surface area contributed by atoms with E-state index in [2.05, 4.69) is 20.6 Å². The van der Waals surface area contributed by atoms with Crippen LogP contribution in [0.2, 0.25) is 0 Å². The highest BCUT2D eigenvalue weighted by Gasteiger charge is 2.22. The van der Waals surface area contributed by atoms with Crippen LogP contribution in [0.4, 0.5) is 5.82 Å². The molecular formula is C18H16N4O2S. The maximum atomic E-state index is 12.4. The first-order valence-corrected chi connectivity index (χ1v) is 8.76. The average Bonchev–Trinajstić information content (AvgIpc) is 3.11. The maximum absolute atomic E-state index is 12.4. The summed E-state index contributed by atoms with van der Waals surface area (Å²) in [6, 6.07) is 9.83. The number of anilines is 1. The van der Waals surface area contributed by atoms with Gasteiger partial charge in [-0.05, 0) is 18.2 Å². The van der Waals surface area contributed by atoms with E-state index in [4.69, 9.17) is 4.74 Å². The zero-order chi connectivity index (χ0) is 17.1. The summed E-state index contributed by atoms with van der Waals surface area (Å²) in [5.74, 6) is 1.49. The molecule has 7 heteroatoms. The van der Waals surface area contributed by atoms with Crippen molar-refractivity contribution in [3.63, 3.8) is 0 Å². The molecule has 1 aliphatic rings. The molecule has 0 bridgehead atoms. The number of amides is 1. The Labute approximate surface area is 148 Å². The van der Waals surface area contributed by atoms with Gasteiger partial charge in [-0.15, -0.1) is 11.3 Å². The lowest BCUT2D eigenvalue weighted by Crippen LogP contribution is -2.28. The second-order valence-corrected chi connectivity index (χ2v) is 6.58. The number of aromatic nitrogens is 2. The number of carbonyl (C=O) groups excluding carboxylic acids is 1. The second kappa shape index (κ2) is 6.90. The van der Waals surface area contributed by atoms with Crippen LogP contribution in [0.5, 0.6) is 5.75 Å². The molecule has 25 heavy (non-hydrogen) atoms. The number of fused-ring (bicyclic) bond motifs is 3. The van der Waals surface area contributed by atoms with E-state index in [-0.39, 0.29) is 5.91 Å². The number of hydrogen-bond acceptors (Lipinski definition) is 6. The monoisotopic (exact) mass is 352 g/mol. The predicted octanol–water partition coefficient (Wildman–Crippen LogP) is 2.94. The van der Waals surface area contributed by atoms with Crippen LogP contribution in [0.25, 0.3) is 10.4 Å². The molecule has 0 aliphatic carbocycles. The summed E-state index contributed by atoms with van der Waals surface area (Å²) in [4.78, 5) is 22.3. The van der Waals surface area contributed by atoms with Gasteiger partial charge in [-0.3, -0.25) is 9.78 Å². The first-order chi connectivity index (χ1) is 12.3. The number of thiophene rings is 1. The Morgan fingerprint density at radius 3 is 3.04 bits per heavy atom. The van der Waals surface area contributed by atoms with Gasteiger partial charge in [-0.25, -0.2) is 4.98 Å². The number of rotatable bonds is 5. The fourth-order valence-corrected chi connectivity index (χ4v) is 3.77. The highest BCUT2D eigenvalue weighted by molar-refractivity contribution is 7.17. The molecule has 3 aromatic rings. The highest BCUT2D eigenvalue weighted by atomic mass is 32.1. The lowest BCUT2D eigenvalue weighted by Gasteiger charge is -2.16. The van der Waals surface area contributed by atoms with Crippen LogP contribution < -0.4 is 15.4 Å². The van der Waals surface area contributed by atoms with E-state index in [1.807, 2.05) is 30.3 Å². The molecule has 0 fully saturated rings. The van der Waals surface area contributed by atoms with Crippen LogP contribution in [-0.4, -0.2) is 29.0 Å². The summed E-state index contributed by atoms with van der Waals surface area (Å²) < 4.78 is 5.74. The number of nitrogens with one attached hydrogen (secondary N) is 2. The van der Waals surface area contributed by atoms with Crippen molar-refractivity contribution in [1.29, 1.82) is 0 Å². The Kier molecular flexibility index (Phi) is 4.30. The molecule has 1 aromatic carbocycles. The summed E-state index contributed by atoms with van der Waals surface area (Å²) in [5.41, 5.74) is 2.11. The van der Waals surface area contributed by atoms with Crippen LogP contribution in [0.3, 0.4) is 0 Å². The minimum atomic E-state index is -0.0715. The van der Waals surface area contributed by atoms with Crippen molar-refractivity contribution >= 4 is 23.1 Å². The maximum Gasteiger partial charge on any atom is 0.261 e. The summed E-state index contributed by atoms with van der Waals surface area (Å²) in [7, 11) is 0. The molecule has 0 unspecified atom stereocenters. The van der Waals surface area contributed by atoms with E-state index in [1.165, 1.54) is 11.3 Å². The fraction of sp³-hybridized carbons (Fsp3) is 0.167. The van der Waals surface area contributed by atoms with Crippen LogP contribution in [0.15, 0.2) is 48.9 Å². The number of para-hydroxylation sites is 1. The summed E-state index contributed by atoms with van der Waals surface area (Å²) in [6.07, 6.45) is 4.89. The lowest BCUT2D eigenvalue weighted by atomic mass is 10.1. The molecule has 2 N–H and O–H groups in total. The van der Waals surface area contributed by atoms with Gasteiger partial charge in [0.15, 0.2) is 0 Å². The van der Waals surface area contributed by atoms with Crippen molar-refractivity contribution in [2.24, 2.45) is 0 Å². The van der Waals surface area contributed by atoms with Gasteiger partial charge in [-0.1, -0.05) is 12.1 Å². The molecule has 4 rings (SSSR count). The molecule has 2 aromatic heterocycles. The van der Waals surface area contributed by atoms with E-state index in [1.54, 1.807) is 18.6 Å². The molecule has 0 radical (unpaired) electrons. The highest BCUT2D eigenvalue weighted by Crippen LogP contribution is 2.42. The van der Waals surface area contributed by atoms with Crippen molar-refractivity contribution in [2.75, 3.05) is 18.4 Å². The van der Waals surface area contributed by atoms with Crippen LogP contribution in [0.1, 0.15) is 15.2 Å². The smallest absolute Gasteiger partial charge is 0.261 e. The summed E-state index contributed by atoms with van der Waals surface area (Å²) >= 11 is 1.51. The normalized spacial score (nSPS) is 11.8. The van der Waals surface area contributed by atoms with Crippen LogP contribution in [0, 0.1) is 0 Å². The third-order valence-corrected chi connectivity index (χ3v) is 5.04. The minimum Gasteiger partial charge on any atom is -0.488 e. The van der Waals surface area contributed by atoms with Gasteiger partial charge >= 0.3 is 0 Å². The largest absolute Gasteiger partial charge is 0.488 e. The quantitative estimate of drug-likeness (QED) is 0.691. The fourth-order valence-electron chi connectivity index (χ4n) is 2.66. The average molecular weight is 352 g/mol. The minimum absolute atomic E-state index is 0.0715. The second-order valence-electron chi connectivity index (χ2n) is 5.52. The zero-order valence-corrected chi connectivity index (χ0v) is 14.2. The van der Waals surface area contributed by atoms with Gasteiger partial charge in [0.05, 0.1) is 11.1 Å². The van der Waals surface area contributed by atoms with Crippen molar-refractivity contribution in [1.82, 2.24) is 15.3 Å². The molecule has 0 saturated heterocycles. The molecule has 3 heterocycles. The molecule has 0 atom stereocenters. The first kappa shape index (κ1) is 15.6. The molecular weight excluding hydrogens is 336 g/mol. The van der Waals surface area contributed by atoms with E-state index in [0.29, 0.717) is 30.4 Å². The van der Waals surface area contributed by atoms with Crippen molar-refractivity contribution in [3.8, 4) is 16.2 Å². The van der Waals surface area contributed by atoms with E-state index >= 15 is 0 Å². The molecule has 1 aliphatic heterocycles. The molecule has 0 spiro atoms. The van der Waals surface area contributed by atoms with E-state index in [0.717, 1.165) is 21.8 Å². The number of nitrogens with zero attached hydrogens (tertiary/aromatic N) is 2. The number of benzene rings is 1. The summed E-state index contributed by atoms with van der Waals surface area (Å²) in [5, 5.41) is 6.03. The van der Waals surface area contributed by atoms with Crippen molar-refractivity contribution in [2.45, 2.75) is 6.61 Å². The number of ether oxygens (including phenoxy) is 1. The third-order valence-electron chi connectivity index (χ3n) is 3.83. The molecule has 6 nitrogen and oxygen atoms in total.